The molecule has 0 radical (unpaired) electrons. The van der Waals surface area contributed by atoms with Crippen LogP contribution in [0.15, 0.2) is 0 Å². The highest BCUT2D eigenvalue weighted by Gasteiger charge is 2.16. The first-order chi connectivity index (χ1) is 4.02. The molecule has 0 unspecified atom stereocenters. The molecule has 9 heavy (non-hydrogen) atoms. The van der Waals surface area contributed by atoms with Gasteiger partial charge in [-0.05, 0) is 0 Å². The molecular formula is C4H8Br2O2S. The van der Waals surface area contributed by atoms with Crippen molar-refractivity contribution < 1.29 is 8.42 Å². The minimum atomic E-state index is -2.86. The van der Waals surface area contributed by atoms with E-state index >= 15 is 0 Å². The number of hydrogen-bond donors (Lipinski definition) is 0. The zero-order valence-corrected chi connectivity index (χ0v) is 8.96. The topological polar surface area (TPSA) is 34.1 Å². The molecule has 0 amide bonds. The predicted octanol–water partition coefficient (Wildman–Crippen LogP) is 1.19. The van der Waals surface area contributed by atoms with Crippen LogP contribution in [0.1, 0.15) is 0 Å². The largest absolute Gasteiger partial charge is 0.229 e. The predicted molar refractivity (Wildman–Crippen MR) is 46.2 cm³/mol. The molecule has 0 saturated carbocycles. The molecule has 0 aliphatic carbocycles. The second-order valence-corrected chi connectivity index (χ2v) is 5.38. The summed E-state index contributed by atoms with van der Waals surface area (Å²) in [6, 6.07) is 0. The van der Waals surface area contributed by atoms with Crippen molar-refractivity contribution in [3.63, 3.8) is 0 Å². The number of sulfone groups is 1. The molecular weight excluding hydrogens is 272 g/mol. The van der Waals surface area contributed by atoms with Crippen molar-refractivity contribution >= 4 is 41.7 Å². The standard InChI is InChI=1S/C4H8Br2O2S/c1-9(7,8)4(2-5)3-6/h4H,2-3H2,1H3. The van der Waals surface area contributed by atoms with Crippen LogP contribution in [-0.4, -0.2) is 30.6 Å². The first kappa shape index (κ1) is 9.91. The molecule has 0 rings (SSSR count). The van der Waals surface area contributed by atoms with Crippen molar-refractivity contribution in [3.8, 4) is 0 Å². The third kappa shape index (κ3) is 3.57. The average molecular weight is 280 g/mol. The molecule has 0 saturated heterocycles. The normalized spacial score (nSPS) is 12.4. The minimum absolute atomic E-state index is 0.294. The Morgan fingerprint density at radius 1 is 1.33 bits per heavy atom. The molecule has 0 atom stereocenters. The first-order valence-corrected chi connectivity index (χ1v) is 6.53. The van der Waals surface area contributed by atoms with E-state index in [2.05, 4.69) is 31.9 Å². The fourth-order valence-corrected chi connectivity index (χ4v) is 4.68. The Balaban J connectivity index is 4.14. The van der Waals surface area contributed by atoms with Crippen molar-refractivity contribution in [3.05, 3.63) is 0 Å². The highest BCUT2D eigenvalue weighted by Crippen LogP contribution is 2.05. The van der Waals surface area contributed by atoms with Gasteiger partial charge in [-0.15, -0.1) is 0 Å². The maximum absolute atomic E-state index is 10.7. The molecule has 2 nitrogen and oxygen atoms in total. The van der Waals surface area contributed by atoms with Crippen LogP contribution in [0.2, 0.25) is 0 Å². The number of rotatable bonds is 3. The van der Waals surface area contributed by atoms with E-state index < -0.39 is 9.84 Å². The van der Waals surface area contributed by atoms with Crippen molar-refractivity contribution in [2.75, 3.05) is 16.9 Å². The molecule has 56 valence electrons. The molecule has 0 heterocycles. The quantitative estimate of drug-likeness (QED) is 0.728. The van der Waals surface area contributed by atoms with Crippen molar-refractivity contribution in [1.29, 1.82) is 0 Å². The second kappa shape index (κ2) is 3.93. The lowest BCUT2D eigenvalue weighted by Crippen LogP contribution is -2.22. The van der Waals surface area contributed by atoms with Crippen LogP contribution in [0.5, 0.6) is 0 Å². The van der Waals surface area contributed by atoms with Crippen LogP contribution in [0.4, 0.5) is 0 Å². The Bertz CT molecular complexity index is 159. The van der Waals surface area contributed by atoms with Gasteiger partial charge in [-0.1, -0.05) is 31.9 Å². The number of alkyl halides is 2. The first-order valence-electron chi connectivity index (χ1n) is 2.33. The van der Waals surface area contributed by atoms with E-state index in [0.29, 0.717) is 10.7 Å². The lowest BCUT2D eigenvalue weighted by Gasteiger charge is -2.05. The van der Waals surface area contributed by atoms with Gasteiger partial charge in [0.1, 0.15) is 0 Å². The zero-order valence-electron chi connectivity index (χ0n) is 4.97. The van der Waals surface area contributed by atoms with Crippen LogP contribution in [0.3, 0.4) is 0 Å². The van der Waals surface area contributed by atoms with Crippen LogP contribution in [0.25, 0.3) is 0 Å². The van der Waals surface area contributed by atoms with E-state index in [-0.39, 0.29) is 5.25 Å². The molecule has 0 aromatic heterocycles. The average Bonchev–Trinajstić information content (AvgIpc) is 1.65. The minimum Gasteiger partial charge on any atom is -0.229 e. The molecule has 0 fully saturated rings. The molecule has 0 spiro atoms. The Hall–Kier alpha value is 0.910. The van der Waals surface area contributed by atoms with E-state index in [1.807, 2.05) is 0 Å². The molecule has 0 bridgehead atoms. The smallest absolute Gasteiger partial charge is 0.151 e. The Morgan fingerprint density at radius 2 is 1.67 bits per heavy atom. The summed E-state index contributed by atoms with van der Waals surface area (Å²) >= 11 is 6.21. The van der Waals surface area contributed by atoms with E-state index in [1.165, 1.54) is 6.26 Å². The van der Waals surface area contributed by atoms with Crippen LogP contribution < -0.4 is 0 Å². The molecule has 0 aliphatic rings. The number of halogens is 2. The molecule has 0 N–H and O–H groups in total. The summed E-state index contributed by atoms with van der Waals surface area (Å²) in [5, 5.41) is 0.700. The second-order valence-electron chi connectivity index (χ2n) is 1.76. The molecule has 5 heteroatoms. The van der Waals surface area contributed by atoms with Gasteiger partial charge in [0.2, 0.25) is 0 Å². The maximum atomic E-state index is 10.7. The fourth-order valence-electron chi connectivity index (χ4n) is 0.270. The highest BCUT2D eigenvalue weighted by atomic mass is 79.9. The molecule has 0 aromatic carbocycles. The summed E-state index contributed by atoms with van der Waals surface area (Å²) in [7, 11) is -2.86. The van der Waals surface area contributed by atoms with E-state index in [1.54, 1.807) is 0 Å². The van der Waals surface area contributed by atoms with E-state index in [0.717, 1.165) is 0 Å². The van der Waals surface area contributed by atoms with E-state index in [9.17, 15) is 8.42 Å². The summed E-state index contributed by atoms with van der Waals surface area (Å²) in [6.07, 6.45) is 1.24. The summed E-state index contributed by atoms with van der Waals surface area (Å²) in [4.78, 5) is 0. The van der Waals surface area contributed by atoms with Gasteiger partial charge < -0.3 is 0 Å². The Kier molecular flexibility index (Phi) is 4.33. The summed E-state index contributed by atoms with van der Waals surface area (Å²) in [6.45, 7) is 0. The van der Waals surface area contributed by atoms with Crippen LogP contribution in [-0.2, 0) is 9.84 Å². The SMILES string of the molecule is CS(=O)(=O)C(CBr)CBr. The van der Waals surface area contributed by atoms with Gasteiger partial charge in [0.05, 0.1) is 5.25 Å². The Morgan fingerprint density at radius 3 is 1.67 bits per heavy atom. The monoisotopic (exact) mass is 278 g/mol. The van der Waals surface area contributed by atoms with Crippen molar-refractivity contribution in [2.24, 2.45) is 0 Å². The van der Waals surface area contributed by atoms with Gasteiger partial charge in [0.25, 0.3) is 0 Å². The summed E-state index contributed by atoms with van der Waals surface area (Å²) < 4.78 is 21.5. The third-order valence-corrected chi connectivity index (χ3v) is 4.91. The van der Waals surface area contributed by atoms with Gasteiger partial charge in [0, 0.05) is 16.9 Å². The number of hydrogen-bond acceptors (Lipinski definition) is 2. The van der Waals surface area contributed by atoms with Crippen LogP contribution >= 0.6 is 31.9 Å². The van der Waals surface area contributed by atoms with Crippen molar-refractivity contribution in [1.82, 2.24) is 0 Å². The van der Waals surface area contributed by atoms with Gasteiger partial charge in [-0.25, -0.2) is 8.42 Å². The van der Waals surface area contributed by atoms with Gasteiger partial charge in [-0.3, -0.25) is 0 Å². The van der Waals surface area contributed by atoms with E-state index in [4.69, 9.17) is 0 Å². The molecule has 0 aromatic rings. The van der Waals surface area contributed by atoms with Gasteiger partial charge in [-0.2, -0.15) is 0 Å². The lowest BCUT2D eigenvalue weighted by molar-refractivity contribution is 0.595. The van der Waals surface area contributed by atoms with Gasteiger partial charge in [0.15, 0.2) is 9.84 Å². The van der Waals surface area contributed by atoms with Crippen LogP contribution in [0, 0.1) is 0 Å². The Labute approximate surface area is 72.2 Å². The fraction of sp³-hybridized carbons (Fsp3) is 1.00. The lowest BCUT2D eigenvalue weighted by atomic mass is 10.6. The summed E-state index contributed by atoms with van der Waals surface area (Å²) in [5.74, 6) is 0. The maximum Gasteiger partial charge on any atom is 0.151 e. The van der Waals surface area contributed by atoms with Crippen molar-refractivity contribution in [2.45, 2.75) is 5.25 Å². The zero-order chi connectivity index (χ0) is 7.49. The summed E-state index contributed by atoms with van der Waals surface area (Å²) in [5.41, 5.74) is 0. The third-order valence-electron chi connectivity index (χ3n) is 0.950. The van der Waals surface area contributed by atoms with Gasteiger partial charge >= 0.3 is 0 Å². The highest BCUT2D eigenvalue weighted by molar-refractivity contribution is 9.10. The molecule has 0 aliphatic heterocycles.